The third-order valence-corrected chi connectivity index (χ3v) is 2.87. The Hall–Kier alpha value is -1.47. The van der Waals surface area contributed by atoms with Crippen molar-refractivity contribution in [2.45, 2.75) is 24.5 Å². The first-order chi connectivity index (χ1) is 8.01. The summed E-state index contributed by atoms with van der Waals surface area (Å²) < 4.78 is 1.77. The highest BCUT2D eigenvalue weighted by Crippen LogP contribution is 2.18. The number of pyridine rings is 1. The molecule has 1 aromatic rings. The fourth-order valence-electron chi connectivity index (χ4n) is 1.96. The number of amides is 1. The molecule has 1 aliphatic heterocycles. The van der Waals surface area contributed by atoms with Crippen LogP contribution in [0.4, 0.5) is 0 Å². The van der Waals surface area contributed by atoms with E-state index in [9.17, 15) is 9.59 Å². The van der Waals surface area contributed by atoms with Gasteiger partial charge in [-0.1, -0.05) is 6.07 Å². The number of aliphatic carboxylic acids is 1. The third-order valence-electron chi connectivity index (χ3n) is 2.87. The van der Waals surface area contributed by atoms with Gasteiger partial charge in [0.1, 0.15) is 6.04 Å². The fraction of sp³-hybridized carbons (Fsp3) is 0.364. The van der Waals surface area contributed by atoms with Crippen molar-refractivity contribution in [3.63, 3.8) is 0 Å². The highest BCUT2D eigenvalue weighted by Gasteiger charge is 2.49. The van der Waals surface area contributed by atoms with E-state index in [0.717, 1.165) is 0 Å². The van der Waals surface area contributed by atoms with E-state index >= 15 is 0 Å². The van der Waals surface area contributed by atoms with Crippen molar-refractivity contribution in [2.24, 2.45) is 5.73 Å². The molecule has 1 saturated heterocycles. The monoisotopic (exact) mass is 315 g/mol. The summed E-state index contributed by atoms with van der Waals surface area (Å²) in [6.45, 7) is 0.267. The van der Waals surface area contributed by atoms with Crippen molar-refractivity contribution in [1.82, 2.24) is 5.32 Å². The average Bonchev–Trinajstić information content (AvgIpc) is 2.57. The van der Waals surface area contributed by atoms with Gasteiger partial charge in [0.15, 0.2) is 24.5 Å². The second-order valence-corrected chi connectivity index (χ2v) is 4.27. The molecule has 0 aromatic carbocycles. The molecule has 4 N–H and O–H groups in total. The minimum Gasteiger partial charge on any atom is -1.00 e. The van der Waals surface area contributed by atoms with Crippen LogP contribution in [0.2, 0.25) is 0 Å². The Morgan fingerprint density at radius 3 is 2.61 bits per heavy atom. The Balaban J connectivity index is 0.00000162. The Morgan fingerprint density at radius 1 is 1.50 bits per heavy atom. The highest BCUT2D eigenvalue weighted by atomic mass is 79.9. The molecule has 7 heteroatoms. The summed E-state index contributed by atoms with van der Waals surface area (Å²) in [5.41, 5.74) is 4.81. The van der Waals surface area contributed by atoms with E-state index in [1.54, 1.807) is 17.0 Å². The van der Waals surface area contributed by atoms with Gasteiger partial charge in [-0.15, -0.1) is 0 Å². The van der Waals surface area contributed by atoms with E-state index in [4.69, 9.17) is 10.8 Å². The van der Waals surface area contributed by atoms with E-state index in [-0.39, 0.29) is 29.9 Å². The Bertz CT molecular complexity index is 454. The van der Waals surface area contributed by atoms with Crippen LogP contribution >= 0.6 is 0 Å². The molecule has 0 saturated carbocycles. The quantitative estimate of drug-likeness (QED) is 0.491. The van der Waals surface area contributed by atoms with Gasteiger partial charge in [-0.2, -0.15) is 0 Å². The maximum absolute atomic E-state index is 11.7. The molecule has 2 atom stereocenters. The van der Waals surface area contributed by atoms with E-state index in [1.165, 1.54) is 0 Å². The summed E-state index contributed by atoms with van der Waals surface area (Å²) in [5.74, 6) is -1.47. The number of carbonyl (C=O) groups excluding carboxylic acids is 1. The molecule has 0 spiro atoms. The number of hydrogen-bond donors (Lipinski definition) is 3. The second kappa shape index (κ2) is 5.45. The number of nitrogens with one attached hydrogen (secondary N) is 1. The largest absolute Gasteiger partial charge is 1.00 e. The zero-order valence-electron chi connectivity index (χ0n) is 9.54. The van der Waals surface area contributed by atoms with Gasteiger partial charge in [-0.3, -0.25) is 4.79 Å². The van der Waals surface area contributed by atoms with Crippen LogP contribution < -0.4 is 32.6 Å². The van der Waals surface area contributed by atoms with Crippen molar-refractivity contribution in [3.05, 3.63) is 30.6 Å². The van der Waals surface area contributed by atoms with E-state index < -0.39 is 23.5 Å². The second-order valence-electron chi connectivity index (χ2n) is 4.27. The predicted molar refractivity (Wildman–Crippen MR) is 57.7 cm³/mol. The number of rotatable bonds is 3. The molecule has 2 rings (SSSR count). The number of halogens is 1. The molecule has 1 unspecified atom stereocenters. The highest BCUT2D eigenvalue weighted by molar-refractivity contribution is 5.94. The molecule has 1 aliphatic rings. The van der Waals surface area contributed by atoms with E-state index in [0.29, 0.717) is 0 Å². The van der Waals surface area contributed by atoms with Gasteiger partial charge in [0.25, 0.3) is 0 Å². The Kier molecular flexibility index (Phi) is 4.42. The molecule has 1 fully saturated rings. The fourth-order valence-corrected chi connectivity index (χ4v) is 1.96. The lowest BCUT2D eigenvalue weighted by atomic mass is 9.96. The first-order valence-electron chi connectivity index (χ1n) is 5.28. The molecular formula is C11H14BrN3O3. The maximum Gasteiger partial charge on any atom is 0.326 e. The van der Waals surface area contributed by atoms with Gasteiger partial charge in [0.05, 0.1) is 0 Å². The van der Waals surface area contributed by atoms with Crippen LogP contribution in [-0.4, -0.2) is 28.6 Å². The van der Waals surface area contributed by atoms with Gasteiger partial charge < -0.3 is 33.1 Å². The maximum atomic E-state index is 11.7. The normalized spacial score (nSPS) is 26.3. The molecule has 0 bridgehead atoms. The molecular weight excluding hydrogens is 302 g/mol. The van der Waals surface area contributed by atoms with Crippen LogP contribution in [0, 0.1) is 0 Å². The molecule has 98 valence electrons. The lowest BCUT2D eigenvalue weighted by molar-refractivity contribution is -0.701. The van der Waals surface area contributed by atoms with Crippen LogP contribution in [0.3, 0.4) is 0 Å². The molecule has 0 aliphatic carbocycles. The zero-order valence-corrected chi connectivity index (χ0v) is 11.1. The topological polar surface area (TPSA) is 96.3 Å². The molecule has 1 aromatic heterocycles. The minimum absolute atomic E-state index is 0. The minimum atomic E-state index is -1.16. The summed E-state index contributed by atoms with van der Waals surface area (Å²) in [5, 5.41) is 11.2. The van der Waals surface area contributed by atoms with Gasteiger partial charge in [0, 0.05) is 18.6 Å². The van der Waals surface area contributed by atoms with Crippen molar-refractivity contribution < 1.29 is 36.2 Å². The molecule has 1 amide bonds. The lowest BCUT2D eigenvalue weighted by Gasteiger charge is -2.16. The summed E-state index contributed by atoms with van der Waals surface area (Å²) in [4.78, 5) is 22.5. The van der Waals surface area contributed by atoms with Gasteiger partial charge in [-0.25, -0.2) is 9.36 Å². The van der Waals surface area contributed by atoms with Crippen molar-refractivity contribution >= 4 is 11.9 Å². The molecule has 18 heavy (non-hydrogen) atoms. The van der Waals surface area contributed by atoms with Crippen LogP contribution in [0.25, 0.3) is 0 Å². The SMILES string of the molecule is N[C@]1(C[n+]2ccccc2)CC(C(=O)O)NC1=O.[Br-]. The summed E-state index contributed by atoms with van der Waals surface area (Å²) in [7, 11) is 0. The number of aromatic nitrogens is 1. The van der Waals surface area contributed by atoms with Crippen molar-refractivity contribution in [3.8, 4) is 0 Å². The lowest BCUT2D eigenvalue weighted by Crippen LogP contribution is -3.00. The molecule has 2 heterocycles. The number of nitrogens with two attached hydrogens (primary N) is 1. The van der Waals surface area contributed by atoms with Crippen LogP contribution in [0.1, 0.15) is 6.42 Å². The first kappa shape index (κ1) is 14.6. The average molecular weight is 316 g/mol. The Morgan fingerprint density at radius 2 is 2.11 bits per heavy atom. The van der Waals surface area contributed by atoms with Crippen LogP contribution in [-0.2, 0) is 16.1 Å². The zero-order chi connectivity index (χ0) is 12.5. The predicted octanol–water partition coefficient (Wildman–Crippen LogP) is -4.35. The summed E-state index contributed by atoms with van der Waals surface area (Å²) >= 11 is 0. The molecule has 0 radical (unpaired) electrons. The van der Waals surface area contributed by atoms with Crippen molar-refractivity contribution in [2.75, 3.05) is 0 Å². The third kappa shape index (κ3) is 2.85. The standard InChI is InChI=1S/C11H13N3O3.BrH/c12-11(7-14-4-2-1-3-5-14)6-8(9(15)16)13-10(11)17;/h1-5,8H,6-7,12H2,(H-,13,15,16,17);1H/t8?,11-;/m0./s1. The number of carboxylic acids is 1. The number of carbonyl (C=O) groups is 2. The first-order valence-corrected chi connectivity index (χ1v) is 5.28. The molecule has 6 nitrogen and oxygen atoms in total. The summed E-state index contributed by atoms with van der Waals surface area (Å²) in [6, 6.07) is 4.61. The number of carboxylic acid groups (broad SMARTS) is 1. The van der Waals surface area contributed by atoms with Gasteiger partial charge >= 0.3 is 5.97 Å². The van der Waals surface area contributed by atoms with Crippen LogP contribution in [0.5, 0.6) is 0 Å². The Labute approximate surface area is 115 Å². The van der Waals surface area contributed by atoms with Gasteiger partial charge in [0.2, 0.25) is 5.91 Å². The number of hydrogen-bond acceptors (Lipinski definition) is 3. The smallest absolute Gasteiger partial charge is 0.326 e. The van der Waals surface area contributed by atoms with Gasteiger partial charge in [-0.05, 0) is 0 Å². The van der Waals surface area contributed by atoms with E-state index in [1.807, 2.05) is 18.2 Å². The van der Waals surface area contributed by atoms with Crippen LogP contribution in [0.15, 0.2) is 30.6 Å². The van der Waals surface area contributed by atoms with E-state index in [2.05, 4.69) is 5.32 Å². The summed E-state index contributed by atoms with van der Waals surface area (Å²) in [6.07, 6.45) is 3.68. The van der Waals surface area contributed by atoms with Crippen molar-refractivity contribution in [1.29, 1.82) is 0 Å². The number of nitrogens with zero attached hydrogens (tertiary/aromatic N) is 1.